The summed E-state index contributed by atoms with van der Waals surface area (Å²) in [5.41, 5.74) is 10.9. The highest BCUT2D eigenvalue weighted by molar-refractivity contribution is 9.10. The monoisotopic (exact) mass is 568 g/mol. The molecule has 0 radical (unpaired) electrons. The highest BCUT2D eigenvalue weighted by Crippen LogP contribution is 2.35. The van der Waals surface area contributed by atoms with Crippen LogP contribution in [0.15, 0.2) is 34.8 Å². The number of amides is 1. The molecular formula is C25H32BrF3N6O. The molecule has 0 fully saturated rings. The molecule has 1 heterocycles. The molecule has 1 aromatic heterocycles. The lowest BCUT2D eigenvalue weighted by molar-refractivity contribution is -0.173. The van der Waals surface area contributed by atoms with Crippen LogP contribution in [-0.4, -0.2) is 55.8 Å². The molecule has 3 aromatic rings. The molecule has 0 aliphatic rings. The van der Waals surface area contributed by atoms with E-state index >= 15 is 0 Å². The van der Waals surface area contributed by atoms with Crippen LogP contribution < -0.4 is 21.3 Å². The fourth-order valence-electron chi connectivity index (χ4n) is 4.13. The molecule has 5 N–H and O–H groups in total. The van der Waals surface area contributed by atoms with Gasteiger partial charge in [-0.25, -0.2) is 4.98 Å². The summed E-state index contributed by atoms with van der Waals surface area (Å²) in [7, 11) is 3.95. The van der Waals surface area contributed by atoms with Gasteiger partial charge in [0.05, 0.1) is 11.0 Å². The van der Waals surface area contributed by atoms with Gasteiger partial charge in [-0.2, -0.15) is 13.2 Å². The van der Waals surface area contributed by atoms with E-state index in [1.165, 1.54) is 0 Å². The molecule has 0 aliphatic heterocycles. The molecule has 2 aromatic carbocycles. The first-order valence-electron chi connectivity index (χ1n) is 11.8. The van der Waals surface area contributed by atoms with Crippen LogP contribution in [-0.2, 0) is 4.79 Å². The van der Waals surface area contributed by atoms with Crippen LogP contribution >= 0.6 is 15.9 Å². The number of nitrogens with one attached hydrogen (secondary N) is 3. The van der Waals surface area contributed by atoms with Crippen molar-refractivity contribution < 1.29 is 18.0 Å². The Bertz CT molecular complexity index is 1200. The number of rotatable bonds is 11. The summed E-state index contributed by atoms with van der Waals surface area (Å²) in [6.45, 7) is 3.63. The number of fused-ring (bicyclic) bond motifs is 1. The van der Waals surface area contributed by atoms with Gasteiger partial charge in [-0.3, -0.25) is 4.79 Å². The van der Waals surface area contributed by atoms with E-state index in [9.17, 15) is 18.0 Å². The van der Waals surface area contributed by atoms with E-state index in [1.54, 1.807) is 0 Å². The Kier molecular flexibility index (Phi) is 9.24. The minimum atomic E-state index is -4.91. The number of hydrogen-bond donors (Lipinski definition) is 4. The Morgan fingerprint density at radius 2 is 2.03 bits per heavy atom. The van der Waals surface area contributed by atoms with Gasteiger partial charge in [0.25, 0.3) is 0 Å². The van der Waals surface area contributed by atoms with E-state index < -0.39 is 12.1 Å². The van der Waals surface area contributed by atoms with Gasteiger partial charge in [0.15, 0.2) is 0 Å². The molecule has 0 aliphatic carbocycles. The summed E-state index contributed by atoms with van der Waals surface area (Å²) in [5, 5.41) is 5.16. The zero-order valence-electron chi connectivity index (χ0n) is 20.6. The molecule has 1 atom stereocenters. The number of aromatic nitrogens is 2. The number of hydrogen-bond acceptors (Lipinski definition) is 5. The van der Waals surface area contributed by atoms with E-state index in [0.29, 0.717) is 23.4 Å². The third kappa shape index (κ3) is 6.70. The first kappa shape index (κ1) is 27.8. The van der Waals surface area contributed by atoms with Gasteiger partial charge < -0.3 is 26.3 Å². The Hall–Kier alpha value is -2.79. The van der Waals surface area contributed by atoms with Gasteiger partial charge in [0.1, 0.15) is 5.82 Å². The number of nitrogens with zero attached hydrogens (tertiary/aromatic N) is 2. The van der Waals surface area contributed by atoms with Crippen LogP contribution in [0.3, 0.4) is 0 Å². The van der Waals surface area contributed by atoms with Gasteiger partial charge in [0, 0.05) is 47.5 Å². The fourth-order valence-corrected chi connectivity index (χ4v) is 4.78. The largest absolute Gasteiger partial charge is 0.471 e. The van der Waals surface area contributed by atoms with Gasteiger partial charge in [-0.15, -0.1) is 0 Å². The lowest BCUT2D eigenvalue weighted by Crippen LogP contribution is -2.39. The molecule has 3 rings (SSSR count). The molecule has 196 valence electrons. The third-order valence-corrected chi connectivity index (χ3v) is 6.78. The molecule has 7 nitrogen and oxygen atoms in total. The molecule has 11 heteroatoms. The van der Waals surface area contributed by atoms with Crippen LogP contribution in [0.1, 0.15) is 37.7 Å². The zero-order valence-corrected chi connectivity index (χ0v) is 22.2. The number of benzene rings is 2. The molecule has 0 saturated carbocycles. The fraction of sp³-hybridized carbons (Fsp3) is 0.440. The Morgan fingerprint density at radius 1 is 1.28 bits per heavy atom. The number of aromatic amines is 1. The second-order valence-corrected chi connectivity index (χ2v) is 9.67. The Labute approximate surface area is 217 Å². The van der Waals surface area contributed by atoms with Crippen LogP contribution in [0.25, 0.3) is 22.4 Å². The summed E-state index contributed by atoms with van der Waals surface area (Å²) in [6, 6.07) is 9.53. The van der Waals surface area contributed by atoms with E-state index in [1.807, 2.05) is 56.7 Å². The molecule has 0 bridgehead atoms. The highest BCUT2D eigenvalue weighted by Gasteiger charge is 2.38. The van der Waals surface area contributed by atoms with Crippen LogP contribution in [0.5, 0.6) is 0 Å². The van der Waals surface area contributed by atoms with E-state index in [2.05, 4.69) is 31.1 Å². The standard InChI is InChI=1S/C25H32BrF3N6O/c1-4-6-15(14-32-24(36)25(27,28)29)17-12-21-22(13-19(17)26)34-23(33-21)18-11-16(7-8-20(18)30)35(3)10-5-9-31-2/h7-8,11-13,15,31H,4-6,9-10,14,30H2,1-3H3,(H,32,36)(H,33,34). The Morgan fingerprint density at radius 3 is 2.69 bits per heavy atom. The van der Waals surface area contributed by atoms with Crippen molar-refractivity contribution in [1.29, 1.82) is 0 Å². The van der Waals surface area contributed by atoms with Gasteiger partial charge in [-0.05, 0) is 62.3 Å². The van der Waals surface area contributed by atoms with Crippen molar-refractivity contribution in [2.24, 2.45) is 0 Å². The molecular weight excluding hydrogens is 537 g/mol. The van der Waals surface area contributed by atoms with Crippen molar-refractivity contribution in [3.05, 3.63) is 40.4 Å². The number of alkyl halides is 3. The first-order valence-corrected chi connectivity index (χ1v) is 12.6. The van der Waals surface area contributed by atoms with Crippen molar-refractivity contribution in [3.63, 3.8) is 0 Å². The van der Waals surface area contributed by atoms with Crippen LogP contribution in [0, 0.1) is 0 Å². The minimum Gasteiger partial charge on any atom is -0.398 e. The average Bonchev–Trinajstić information content (AvgIpc) is 3.23. The topological polar surface area (TPSA) is 99.1 Å². The second-order valence-electron chi connectivity index (χ2n) is 8.82. The van der Waals surface area contributed by atoms with Gasteiger partial charge in [-0.1, -0.05) is 29.3 Å². The second kappa shape index (κ2) is 12.0. The maximum absolute atomic E-state index is 12.7. The minimum absolute atomic E-state index is 0.119. The lowest BCUT2D eigenvalue weighted by atomic mass is 9.94. The van der Waals surface area contributed by atoms with Crippen molar-refractivity contribution in [1.82, 2.24) is 20.6 Å². The third-order valence-electron chi connectivity index (χ3n) is 6.10. The van der Waals surface area contributed by atoms with Crippen molar-refractivity contribution in [3.8, 4) is 11.4 Å². The van der Waals surface area contributed by atoms with Crippen molar-refractivity contribution in [2.75, 3.05) is 44.4 Å². The van der Waals surface area contributed by atoms with Crippen molar-refractivity contribution in [2.45, 2.75) is 38.3 Å². The normalized spacial score (nSPS) is 12.6. The summed E-state index contributed by atoms with van der Waals surface area (Å²) >= 11 is 3.55. The number of H-pyrrole nitrogens is 1. The summed E-state index contributed by atoms with van der Waals surface area (Å²) < 4.78 is 38.8. The molecule has 36 heavy (non-hydrogen) atoms. The van der Waals surface area contributed by atoms with E-state index in [0.717, 1.165) is 52.7 Å². The van der Waals surface area contributed by atoms with E-state index in [4.69, 9.17) is 10.7 Å². The van der Waals surface area contributed by atoms with Gasteiger partial charge in [0.2, 0.25) is 0 Å². The number of nitrogen functional groups attached to an aromatic ring is 1. The predicted molar refractivity (Wildman–Crippen MR) is 142 cm³/mol. The van der Waals surface area contributed by atoms with Gasteiger partial charge >= 0.3 is 12.1 Å². The Balaban J connectivity index is 1.91. The number of nitrogens with two attached hydrogens (primary N) is 1. The summed E-state index contributed by atoms with van der Waals surface area (Å²) in [4.78, 5) is 21.6. The maximum atomic E-state index is 12.7. The highest BCUT2D eigenvalue weighted by atomic mass is 79.9. The van der Waals surface area contributed by atoms with E-state index in [-0.39, 0.29) is 12.5 Å². The lowest BCUT2D eigenvalue weighted by Gasteiger charge is -2.20. The molecule has 1 unspecified atom stereocenters. The predicted octanol–water partition coefficient (Wildman–Crippen LogP) is 5.18. The summed E-state index contributed by atoms with van der Waals surface area (Å²) in [6.07, 6.45) is -2.56. The smallest absolute Gasteiger partial charge is 0.398 e. The number of anilines is 2. The molecule has 0 spiro atoms. The van der Waals surface area contributed by atoms with Crippen molar-refractivity contribution >= 4 is 44.2 Å². The number of carbonyl (C=O) groups is 1. The number of halogens is 4. The SMILES string of the molecule is CCCC(CNC(=O)C(F)(F)F)c1cc2[nH]c(-c3cc(N(C)CCCNC)ccc3N)nc2cc1Br. The zero-order chi connectivity index (χ0) is 26.5. The summed E-state index contributed by atoms with van der Waals surface area (Å²) in [5.74, 6) is -1.63. The van der Waals surface area contributed by atoms with Crippen LogP contribution in [0.2, 0.25) is 0 Å². The number of imidazole rings is 1. The average molecular weight is 569 g/mol. The quantitative estimate of drug-likeness (QED) is 0.188. The maximum Gasteiger partial charge on any atom is 0.471 e. The molecule has 0 saturated heterocycles. The molecule has 1 amide bonds. The number of carbonyl (C=O) groups excluding carboxylic acids is 1. The van der Waals surface area contributed by atoms with Crippen LogP contribution in [0.4, 0.5) is 24.5 Å². The first-order chi connectivity index (χ1) is 17.0.